The van der Waals surface area contributed by atoms with E-state index in [-0.39, 0.29) is 18.4 Å². The Kier molecular flexibility index (Phi) is 6.50. The molecule has 164 valence electrons. The Bertz CT molecular complexity index is 1100. The highest BCUT2D eigenvalue weighted by Gasteiger charge is 2.21. The minimum atomic E-state index is -0.352. The standard InChI is InChI=1S/C24H23N3O5/c1-30-19-8-10-20(11-9-19)31-16-22-13-12-21(32-22)15-25-26-24(29)17-4-6-18(7-5-17)27-14-2-3-23(27)28/h4-13,15H,2-3,14,16H2,1H3,(H,26,29)/b25-15-. The van der Waals surface area contributed by atoms with Crippen LogP contribution in [0.15, 0.2) is 70.2 Å². The molecule has 8 heteroatoms. The molecule has 8 nitrogen and oxygen atoms in total. The molecule has 0 radical (unpaired) electrons. The Hall–Kier alpha value is -4.07. The molecule has 0 bridgehead atoms. The van der Waals surface area contributed by atoms with Gasteiger partial charge in [0.2, 0.25) is 5.91 Å². The predicted molar refractivity (Wildman–Crippen MR) is 119 cm³/mol. The molecule has 2 heterocycles. The lowest BCUT2D eigenvalue weighted by molar-refractivity contribution is -0.117. The summed E-state index contributed by atoms with van der Waals surface area (Å²) >= 11 is 0. The maximum absolute atomic E-state index is 12.3. The first-order valence-corrected chi connectivity index (χ1v) is 10.2. The molecule has 2 aromatic carbocycles. The van der Waals surface area contributed by atoms with Gasteiger partial charge in [0.25, 0.3) is 5.91 Å². The highest BCUT2D eigenvalue weighted by atomic mass is 16.5. The minimum absolute atomic E-state index is 0.110. The quantitative estimate of drug-likeness (QED) is 0.431. The van der Waals surface area contributed by atoms with Gasteiger partial charge in [0.1, 0.15) is 29.6 Å². The lowest BCUT2D eigenvalue weighted by Gasteiger charge is -2.15. The van der Waals surface area contributed by atoms with Gasteiger partial charge in [-0.25, -0.2) is 5.43 Å². The normalized spacial score (nSPS) is 13.5. The van der Waals surface area contributed by atoms with Crippen LogP contribution >= 0.6 is 0 Å². The molecular weight excluding hydrogens is 410 g/mol. The molecule has 0 saturated carbocycles. The Morgan fingerprint density at radius 1 is 1.09 bits per heavy atom. The average molecular weight is 433 g/mol. The number of carbonyl (C=O) groups excluding carboxylic acids is 2. The van der Waals surface area contributed by atoms with Crippen LogP contribution < -0.4 is 19.8 Å². The van der Waals surface area contributed by atoms with E-state index in [2.05, 4.69) is 10.5 Å². The zero-order valence-corrected chi connectivity index (χ0v) is 17.6. The molecule has 2 amide bonds. The average Bonchev–Trinajstić information content (AvgIpc) is 3.47. The van der Waals surface area contributed by atoms with Gasteiger partial charge in [-0.3, -0.25) is 9.59 Å². The van der Waals surface area contributed by atoms with Crippen LogP contribution in [0.1, 0.15) is 34.7 Å². The maximum Gasteiger partial charge on any atom is 0.271 e. The van der Waals surface area contributed by atoms with Crippen LogP contribution in [0.25, 0.3) is 0 Å². The van der Waals surface area contributed by atoms with E-state index < -0.39 is 0 Å². The Morgan fingerprint density at radius 2 is 1.84 bits per heavy atom. The van der Waals surface area contributed by atoms with Crippen molar-refractivity contribution in [3.05, 3.63) is 77.7 Å². The zero-order chi connectivity index (χ0) is 22.3. The Morgan fingerprint density at radius 3 is 2.53 bits per heavy atom. The summed E-state index contributed by atoms with van der Waals surface area (Å²) in [6.45, 7) is 0.976. The fourth-order valence-electron chi connectivity index (χ4n) is 3.30. The molecule has 0 spiro atoms. The molecule has 1 fully saturated rings. The number of methoxy groups -OCH3 is 1. The van der Waals surface area contributed by atoms with Gasteiger partial charge in [-0.05, 0) is 67.1 Å². The SMILES string of the molecule is COc1ccc(OCc2ccc(/C=N\NC(=O)c3ccc(N4CCCC4=O)cc3)o2)cc1. The number of hydrazone groups is 1. The van der Waals surface area contributed by atoms with Crippen LogP contribution in [0.4, 0.5) is 5.69 Å². The van der Waals surface area contributed by atoms with E-state index in [9.17, 15) is 9.59 Å². The molecule has 1 aliphatic heterocycles. The summed E-state index contributed by atoms with van der Waals surface area (Å²) in [6, 6.07) is 17.7. The largest absolute Gasteiger partial charge is 0.497 e. The summed E-state index contributed by atoms with van der Waals surface area (Å²) < 4.78 is 16.4. The van der Waals surface area contributed by atoms with E-state index in [0.717, 1.165) is 17.9 Å². The summed E-state index contributed by atoms with van der Waals surface area (Å²) in [5.41, 5.74) is 3.72. The monoisotopic (exact) mass is 433 g/mol. The van der Waals surface area contributed by atoms with Crippen LogP contribution in [0.2, 0.25) is 0 Å². The number of anilines is 1. The van der Waals surface area contributed by atoms with Crippen LogP contribution in [0.3, 0.4) is 0 Å². The van der Waals surface area contributed by atoms with E-state index in [4.69, 9.17) is 13.9 Å². The smallest absolute Gasteiger partial charge is 0.271 e. The van der Waals surface area contributed by atoms with Gasteiger partial charge in [-0.15, -0.1) is 0 Å². The third-order valence-corrected chi connectivity index (χ3v) is 5.00. The topological polar surface area (TPSA) is 93.4 Å². The van der Waals surface area contributed by atoms with E-state index in [1.165, 1.54) is 6.21 Å². The first-order valence-electron chi connectivity index (χ1n) is 10.2. The number of benzene rings is 2. The number of nitrogens with zero attached hydrogens (tertiary/aromatic N) is 2. The highest BCUT2D eigenvalue weighted by molar-refractivity contribution is 5.97. The molecule has 1 N–H and O–H groups in total. The number of furan rings is 1. The van der Waals surface area contributed by atoms with Crippen molar-refractivity contribution in [3.63, 3.8) is 0 Å². The number of hydrogen-bond acceptors (Lipinski definition) is 6. The minimum Gasteiger partial charge on any atom is -0.497 e. The summed E-state index contributed by atoms with van der Waals surface area (Å²) in [6.07, 6.45) is 2.85. The molecule has 0 aliphatic carbocycles. The van der Waals surface area contributed by atoms with Gasteiger partial charge in [0.05, 0.1) is 13.3 Å². The van der Waals surface area contributed by atoms with E-state index in [1.54, 1.807) is 48.4 Å². The van der Waals surface area contributed by atoms with Crippen molar-refractivity contribution in [2.24, 2.45) is 5.10 Å². The Labute approximate surface area is 185 Å². The van der Waals surface area contributed by atoms with Gasteiger partial charge in [0, 0.05) is 24.2 Å². The van der Waals surface area contributed by atoms with Crippen molar-refractivity contribution in [1.82, 2.24) is 5.43 Å². The maximum atomic E-state index is 12.3. The van der Waals surface area contributed by atoms with Gasteiger partial charge >= 0.3 is 0 Å². The molecule has 1 aliphatic rings. The number of carbonyl (C=O) groups is 2. The van der Waals surface area contributed by atoms with Crippen molar-refractivity contribution >= 4 is 23.7 Å². The fraction of sp³-hybridized carbons (Fsp3) is 0.208. The third-order valence-electron chi connectivity index (χ3n) is 5.00. The summed E-state index contributed by atoms with van der Waals surface area (Å²) in [5.74, 6) is 2.33. The van der Waals surface area contributed by atoms with Gasteiger partial charge in [-0.2, -0.15) is 5.10 Å². The number of nitrogens with one attached hydrogen (secondary N) is 1. The fourth-order valence-corrected chi connectivity index (χ4v) is 3.30. The van der Waals surface area contributed by atoms with Crippen LogP contribution in [-0.2, 0) is 11.4 Å². The second-order valence-electron chi connectivity index (χ2n) is 7.16. The van der Waals surface area contributed by atoms with Gasteiger partial charge < -0.3 is 18.8 Å². The van der Waals surface area contributed by atoms with E-state index in [0.29, 0.717) is 35.8 Å². The van der Waals surface area contributed by atoms with Crippen molar-refractivity contribution < 1.29 is 23.5 Å². The van der Waals surface area contributed by atoms with Crippen LogP contribution in [0, 0.1) is 0 Å². The molecule has 3 aromatic rings. The van der Waals surface area contributed by atoms with Crippen LogP contribution in [-0.4, -0.2) is 31.7 Å². The number of amides is 2. The molecular formula is C24H23N3O5. The summed E-state index contributed by atoms with van der Waals surface area (Å²) in [7, 11) is 1.61. The summed E-state index contributed by atoms with van der Waals surface area (Å²) in [5, 5.41) is 3.94. The van der Waals surface area contributed by atoms with Gasteiger partial charge in [0.15, 0.2) is 0 Å². The third kappa shape index (κ3) is 5.15. The molecule has 1 saturated heterocycles. The molecule has 0 unspecified atom stereocenters. The number of ether oxygens (including phenoxy) is 2. The molecule has 4 rings (SSSR count). The number of rotatable bonds is 8. The molecule has 0 atom stereocenters. The highest BCUT2D eigenvalue weighted by Crippen LogP contribution is 2.22. The van der Waals surface area contributed by atoms with E-state index in [1.807, 2.05) is 24.3 Å². The van der Waals surface area contributed by atoms with Crippen LogP contribution in [0.5, 0.6) is 11.5 Å². The molecule has 32 heavy (non-hydrogen) atoms. The predicted octanol–water partition coefficient (Wildman–Crippen LogP) is 3.76. The lowest BCUT2D eigenvalue weighted by atomic mass is 10.2. The lowest BCUT2D eigenvalue weighted by Crippen LogP contribution is -2.24. The second kappa shape index (κ2) is 9.82. The second-order valence-corrected chi connectivity index (χ2v) is 7.16. The number of hydrogen-bond donors (Lipinski definition) is 1. The van der Waals surface area contributed by atoms with Crippen molar-refractivity contribution in [1.29, 1.82) is 0 Å². The van der Waals surface area contributed by atoms with Gasteiger partial charge in [-0.1, -0.05) is 0 Å². The summed E-state index contributed by atoms with van der Waals surface area (Å²) in [4.78, 5) is 25.8. The van der Waals surface area contributed by atoms with Crippen molar-refractivity contribution in [2.45, 2.75) is 19.4 Å². The Balaban J connectivity index is 1.27. The first-order chi connectivity index (χ1) is 15.6. The van der Waals surface area contributed by atoms with E-state index >= 15 is 0 Å². The van der Waals surface area contributed by atoms with Crippen molar-refractivity contribution in [2.75, 3.05) is 18.6 Å². The first kappa shape index (κ1) is 21.2. The van der Waals surface area contributed by atoms with Crippen molar-refractivity contribution in [3.8, 4) is 11.5 Å². The zero-order valence-electron chi connectivity index (χ0n) is 17.6. The molecule has 1 aromatic heterocycles.